The zero-order chi connectivity index (χ0) is 25.7. The standard InChI is InChI=1S/C28H31N3O4S/c1-18(22-14-8-12-20-11-6-7-13-23(20)22)31(2)28(35)26(33)25(32)27(34)29-16-24-30-21(17-36-24)15-19-9-4-3-5-10-19/h3-14,18,21,25-26,32-33H,15-17H2,1-2H3,(H,29,34)/t18-,21?,25-,26-/m1/s1. The third kappa shape index (κ3) is 5.95. The lowest BCUT2D eigenvalue weighted by molar-refractivity contribution is -0.153. The number of aliphatic hydroxyl groups is 2. The van der Waals surface area contributed by atoms with Crippen LogP contribution in [-0.2, 0) is 16.0 Å². The van der Waals surface area contributed by atoms with Gasteiger partial charge in [-0.1, -0.05) is 72.8 Å². The number of nitrogens with zero attached hydrogens (tertiary/aromatic N) is 2. The van der Waals surface area contributed by atoms with Crippen LogP contribution in [0.5, 0.6) is 0 Å². The fourth-order valence-electron chi connectivity index (χ4n) is 4.33. The summed E-state index contributed by atoms with van der Waals surface area (Å²) in [6.07, 6.45) is -2.94. The van der Waals surface area contributed by atoms with Crippen molar-refractivity contribution in [3.63, 3.8) is 0 Å². The number of rotatable bonds is 9. The second kappa shape index (κ2) is 11.7. The van der Waals surface area contributed by atoms with Gasteiger partial charge in [-0.2, -0.15) is 0 Å². The van der Waals surface area contributed by atoms with Gasteiger partial charge in [0.1, 0.15) is 0 Å². The third-order valence-corrected chi connectivity index (χ3v) is 7.65. The lowest BCUT2D eigenvalue weighted by Gasteiger charge is -2.29. The largest absolute Gasteiger partial charge is 0.380 e. The first kappa shape index (κ1) is 25.9. The van der Waals surface area contributed by atoms with Crippen molar-refractivity contribution in [2.75, 3.05) is 19.3 Å². The van der Waals surface area contributed by atoms with Gasteiger partial charge < -0.3 is 20.4 Å². The zero-order valence-corrected chi connectivity index (χ0v) is 21.2. The average molecular weight is 506 g/mol. The van der Waals surface area contributed by atoms with Crippen molar-refractivity contribution in [1.82, 2.24) is 10.2 Å². The Morgan fingerprint density at radius 3 is 2.50 bits per heavy atom. The summed E-state index contributed by atoms with van der Waals surface area (Å²) < 4.78 is 0. The van der Waals surface area contributed by atoms with Gasteiger partial charge in [0.2, 0.25) is 0 Å². The van der Waals surface area contributed by atoms with Crippen LogP contribution < -0.4 is 5.32 Å². The number of likely N-dealkylation sites (N-methyl/N-ethyl adjacent to an activating group) is 1. The van der Waals surface area contributed by atoms with Crippen LogP contribution in [0.15, 0.2) is 77.8 Å². The Hall–Kier alpha value is -3.20. The number of hydrogen-bond donors (Lipinski definition) is 3. The number of aliphatic hydroxyl groups excluding tert-OH is 2. The van der Waals surface area contributed by atoms with Crippen LogP contribution in [0.1, 0.15) is 24.1 Å². The maximum absolute atomic E-state index is 12.9. The molecule has 0 radical (unpaired) electrons. The van der Waals surface area contributed by atoms with Crippen LogP contribution in [0.25, 0.3) is 10.8 Å². The summed E-state index contributed by atoms with van der Waals surface area (Å²) in [7, 11) is 1.55. The van der Waals surface area contributed by atoms with Crippen molar-refractivity contribution in [2.45, 2.75) is 37.6 Å². The summed E-state index contributed by atoms with van der Waals surface area (Å²) in [4.78, 5) is 31.4. The molecule has 1 aliphatic heterocycles. The van der Waals surface area contributed by atoms with Gasteiger partial charge in [-0.15, -0.1) is 11.8 Å². The van der Waals surface area contributed by atoms with Gasteiger partial charge >= 0.3 is 0 Å². The number of fused-ring (bicyclic) bond motifs is 1. The van der Waals surface area contributed by atoms with Crippen LogP contribution in [0.4, 0.5) is 0 Å². The first-order valence-corrected chi connectivity index (χ1v) is 12.9. The van der Waals surface area contributed by atoms with Crippen LogP contribution in [0.2, 0.25) is 0 Å². The summed E-state index contributed by atoms with van der Waals surface area (Å²) in [5, 5.41) is 26.3. The average Bonchev–Trinajstić information content (AvgIpc) is 3.36. The normalized spacial score (nSPS) is 17.8. The van der Waals surface area contributed by atoms with Crippen molar-refractivity contribution in [3.05, 3.63) is 83.9 Å². The highest BCUT2D eigenvalue weighted by molar-refractivity contribution is 8.14. The molecule has 0 saturated heterocycles. The van der Waals surface area contributed by atoms with Crippen molar-refractivity contribution < 1.29 is 19.8 Å². The molecule has 36 heavy (non-hydrogen) atoms. The minimum Gasteiger partial charge on any atom is -0.380 e. The molecule has 1 unspecified atom stereocenters. The number of hydrogen-bond acceptors (Lipinski definition) is 6. The molecule has 0 aliphatic carbocycles. The topological polar surface area (TPSA) is 102 Å². The number of amides is 2. The van der Waals surface area contributed by atoms with Crippen molar-refractivity contribution in [2.24, 2.45) is 4.99 Å². The number of carbonyl (C=O) groups is 2. The highest BCUT2D eigenvalue weighted by Crippen LogP contribution is 2.28. The fraction of sp³-hybridized carbons (Fsp3) is 0.321. The van der Waals surface area contributed by atoms with Crippen LogP contribution in [-0.4, -0.2) is 69.6 Å². The lowest BCUT2D eigenvalue weighted by Crippen LogP contribution is -2.50. The molecule has 2 amide bonds. The number of aliphatic imine (C=N–C) groups is 1. The predicted octanol–water partition coefficient (Wildman–Crippen LogP) is 2.95. The first-order valence-electron chi connectivity index (χ1n) is 12.0. The Balaban J connectivity index is 1.32. The molecular formula is C28H31N3O4S. The Labute approximate surface area is 215 Å². The van der Waals surface area contributed by atoms with Gasteiger partial charge in [0, 0.05) is 12.8 Å². The fourth-order valence-corrected chi connectivity index (χ4v) is 5.30. The van der Waals surface area contributed by atoms with Gasteiger partial charge in [0.25, 0.3) is 11.8 Å². The van der Waals surface area contributed by atoms with Crippen LogP contribution in [0.3, 0.4) is 0 Å². The molecule has 0 spiro atoms. The van der Waals surface area contributed by atoms with Gasteiger partial charge in [-0.3, -0.25) is 14.6 Å². The van der Waals surface area contributed by atoms with E-state index in [1.54, 1.807) is 18.8 Å². The van der Waals surface area contributed by atoms with E-state index in [2.05, 4.69) is 22.4 Å². The molecule has 4 rings (SSSR count). The molecule has 7 nitrogen and oxygen atoms in total. The van der Waals surface area contributed by atoms with Crippen LogP contribution in [0, 0.1) is 0 Å². The van der Waals surface area contributed by atoms with E-state index in [1.165, 1.54) is 10.5 Å². The summed E-state index contributed by atoms with van der Waals surface area (Å²) in [6, 6.07) is 23.5. The molecule has 1 aliphatic rings. The minimum atomic E-state index is -1.88. The van der Waals surface area contributed by atoms with E-state index >= 15 is 0 Å². The van der Waals surface area contributed by atoms with Crippen molar-refractivity contribution in [1.29, 1.82) is 0 Å². The Morgan fingerprint density at radius 1 is 1.03 bits per heavy atom. The van der Waals surface area contributed by atoms with E-state index in [1.807, 2.05) is 67.6 Å². The number of nitrogens with one attached hydrogen (secondary N) is 1. The molecule has 0 saturated carbocycles. The van der Waals surface area contributed by atoms with Gasteiger partial charge in [-0.05, 0) is 35.2 Å². The Kier molecular flexibility index (Phi) is 8.40. The molecule has 8 heteroatoms. The lowest BCUT2D eigenvalue weighted by atomic mass is 9.98. The summed E-state index contributed by atoms with van der Waals surface area (Å²) >= 11 is 1.56. The first-order chi connectivity index (χ1) is 17.3. The highest BCUT2D eigenvalue weighted by Gasteiger charge is 2.34. The van der Waals surface area contributed by atoms with E-state index in [0.717, 1.165) is 33.6 Å². The Morgan fingerprint density at radius 2 is 1.72 bits per heavy atom. The van der Waals surface area contributed by atoms with E-state index in [-0.39, 0.29) is 18.6 Å². The van der Waals surface area contributed by atoms with Crippen molar-refractivity contribution >= 4 is 39.4 Å². The molecule has 3 aromatic rings. The molecule has 0 fully saturated rings. The van der Waals surface area contributed by atoms with Crippen LogP contribution >= 0.6 is 11.8 Å². The molecule has 0 bridgehead atoms. The predicted molar refractivity (Wildman–Crippen MR) is 144 cm³/mol. The second-order valence-electron chi connectivity index (χ2n) is 8.98. The maximum Gasteiger partial charge on any atom is 0.254 e. The number of benzene rings is 3. The van der Waals surface area contributed by atoms with E-state index < -0.39 is 24.0 Å². The SMILES string of the molecule is C[C@H](c1cccc2ccccc12)N(C)C(=O)[C@H](O)[C@@H](O)C(=O)NCC1=NC(Cc2ccccc2)CS1. The van der Waals surface area contributed by atoms with Gasteiger partial charge in [0.05, 0.1) is 23.7 Å². The zero-order valence-electron chi connectivity index (χ0n) is 20.4. The van der Waals surface area contributed by atoms with E-state index in [9.17, 15) is 19.8 Å². The summed E-state index contributed by atoms with van der Waals surface area (Å²) in [6.45, 7) is 2.00. The maximum atomic E-state index is 12.9. The monoisotopic (exact) mass is 505 g/mol. The molecule has 1 heterocycles. The summed E-state index contributed by atoms with van der Waals surface area (Å²) in [5.74, 6) is -0.717. The highest BCUT2D eigenvalue weighted by atomic mass is 32.2. The quantitative estimate of drug-likeness (QED) is 0.415. The number of thioether (sulfide) groups is 1. The summed E-state index contributed by atoms with van der Waals surface area (Å²) in [5.41, 5.74) is 2.12. The molecule has 3 N–H and O–H groups in total. The smallest absolute Gasteiger partial charge is 0.254 e. The minimum absolute atomic E-state index is 0.130. The third-order valence-electron chi connectivity index (χ3n) is 6.52. The molecular weight excluding hydrogens is 474 g/mol. The second-order valence-corrected chi connectivity index (χ2v) is 10.1. The van der Waals surface area contributed by atoms with Gasteiger partial charge in [-0.25, -0.2) is 0 Å². The van der Waals surface area contributed by atoms with Crippen molar-refractivity contribution in [3.8, 4) is 0 Å². The number of carbonyl (C=O) groups excluding carboxylic acids is 2. The molecule has 0 aromatic heterocycles. The van der Waals surface area contributed by atoms with E-state index in [0.29, 0.717) is 0 Å². The Bertz CT molecular complexity index is 1240. The van der Waals surface area contributed by atoms with Gasteiger partial charge in [0.15, 0.2) is 12.2 Å². The van der Waals surface area contributed by atoms with E-state index in [4.69, 9.17) is 0 Å². The molecule has 188 valence electrons. The molecule has 3 aromatic carbocycles. The molecule has 4 atom stereocenters.